The Hall–Kier alpha value is -0.860. The summed E-state index contributed by atoms with van der Waals surface area (Å²) >= 11 is 0. The highest BCUT2D eigenvalue weighted by Crippen LogP contribution is 2.33. The van der Waals surface area contributed by atoms with Crippen LogP contribution in [0.1, 0.15) is 60.4 Å². The van der Waals surface area contributed by atoms with Gasteiger partial charge in [-0.3, -0.25) is 0 Å². The fourth-order valence-electron chi connectivity index (χ4n) is 3.66. The van der Waals surface area contributed by atoms with Crippen LogP contribution in [0.5, 0.6) is 0 Å². The third-order valence-electron chi connectivity index (χ3n) is 4.57. The van der Waals surface area contributed by atoms with Crippen LogP contribution in [0.15, 0.2) is 12.1 Å². The standard InChI is InChI=1S/C17H27NO/c1-11-9-12(2)15(13(3)10-11)16(18)17(19)14-7-5-4-6-8-14/h9-10,14,16-17,19H,4-8,18H2,1-3H3/t16-,17+/m0/s1. The first kappa shape index (κ1) is 14.5. The fraction of sp³-hybridized carbons (Fsp3) is 0.647. The molecule has 0 spiro atoms. The van der Waals surface area contributed by atoms with Gasteiger partial charge in [-0.25, -0.2) is 0 Å². The van der Waals surface area contributed by atoms with E-state index in [4.69, 9.17) is 5.73 Å². The summed E-state index contributed by atoms with van der Waals surface area (Å²) in [7, 11) is 0. The number of rotatable bonds is 3. The molecule has 1 fully saturated rings. The predicted molar refractivity (Wildman–Crippen MR) is 80.2 cm³/mol. The highest BCUT2D eigenvalue weighted by atomic mass is 16.3. The number of hydrogen-bond donors (Lipinski definition) is 2. The van der Waals surface area contributed by atoms with Crippen molar-refractivity contribution in [3.63, 3.8) is 0 Å². The lowest BCUT2D eigenvalue weighted by atomic mass is 9.80. The Labute approximate surface area is 117 Å². The second kappa shape index (κ2) is 6.06. The van der Waals surface area contributed by atoms with Crippen LogP contribution >= 0.6 is 0 Å². The quantitative estimate of drug-likeness (QED) is 0.874. The van der Waals surface area contributed by atoms with Gasteiger partial charge in [-0.2, -0.15) is 0 Å². The van der Waals surface area contributed by atoms with Gasteiger partial charge in [-0.15, -0.1) is 0 Å². The van der Waals surface area contributed by atoms with Gasteiger partial charge in [0.25, 0.3) is 0 Å². The van der Waals surface area contributed by atoms with Crippen molar-refractivity contribution in [3.05, 3.63) is 34.4 Å². The molecular weight excluding hydrogens is 234 g/mol. The van der Waals surface area contributed by atoms with Crippen molar-refractivity contribution in [2.45, 2.75) is 65.0 Å². The van der Waals surface area contributed by atoms with Crippen LogP contribution in [-0.2, 0) is 0 Å². The Bertz CT molecular complexity index is 412. The summed E-state index contributed by atoms with van der Waals surface area (Å²) in [6.45, 7) is 6.30. The molecule has 0 aliphatic heterocycles. The van der Waals surface area contributed by atoms with Gasteiger partial charge in [0.05, 0.1) is 12.1 Å². The second-order valence-electron chi connectivity index (χ2n) is 6.23. The van der Waals surface area contributed by atoms with E-state index in [-0.39, 0.29) is 6.04 Å². The molecule has 2 nitrogen and oxygen atoms in total. The average Bonchev–Trinajstić information content (AvgIpc) is 2.37. The van der Waals surface area contributed by atoms with E-state index in [2.05, 4.69) is 32.9 Å². The Morgan fingerprint density at radius 1 is 1.05 bits per heavy atom. The first-order valence-electron chi connectivity index (χ1n) is 7.52. The summed E-state index contributed by atoms with van der Waals surface area (Å²) in [4.78, 5) is 0. The van der Waals surface area contributed by atoms with Crippen LogP contribution in [-0.4, -0.2) is 11.2 Å². The van der Waals surface area contributed by atoms with Crippen molar-refractivity contribution in [1.29, 1.82) is 0 Å². The van der Waals surface area contributed by atoms with Crippen molar-refractivity contribution >= 4 is 0 Å². The summed E-state index contributed by atoms with van der Waals surface area (Å²) in [5, 5.41) is 10.6. The van der Waals surface area contributed by atoms with Crippen molar-refractivity contribution in [2.24, 2.45) is 11.7 Å². The molecule has 0 radical (unpaired) electrons. The maximum Gasteiger partial charge on any atom is 0.0761 e. The molecule has 2 rings (SSSR count). The van der Waals surface area contributed by atoms with E-state index in [1.54, 1.807) is 0 Å². The van der Waals surface area contributed by atoms with Crippen LogP contribution in [0, 0.1) is 26.7 Å². The van der Waals surface area contributed by atoms with E-state index in [1.807, 2.05) is 0 Å². The van der Waals surface area contributed by atoms with Crippen molar-refractivity contribution in [1.82, 2.24) is 0 Å². The van der Waals surface area contributed by atoms with Gasteiger partial charge in [0.15, 0.2) is 0 Å². The molecule has 2 atom stereocenters. The average molecular weight is 261 g/mol. The van der Waals surface area contributed by atoms with E-state index in [0.29, 0.717) is 5.92 Å². The summed E-state index contributed by atoms with van der Waals surface area (Å²) in [5.41, 5.74) is 11.2. The monoisotopic (exact) mass is 261 g/mol. The van der Waals surface area contributed by atoms with Crippen molar-refractivity contribution in [3.8, 4) is 0 Å². The zero-order valence-electron chi connectivity index (χ0n) is 12.4. The van der Waals surface area contributed by atoms with E-state index in [9.17, 15) is 5.11 Å². The number of aryl methyl sites for hydroxylation is 3. The number of aliphatic hydroxyl groups is 1. The molecule has 2 heteroatoms. The van der Waals surface area contributed by atoms with Crippen LogP contribution in [0.3, 0.4) is 0 Å². The maximum atomic E-state index is 10.6. The number of hydrogen-bond acceptors (Lipinski definition) is 2. The lowest BCUT2D eigenvalue weighted by Gasteiger charge is -2.32. The lowest BCUT2D eigenvalue weighted by Crippen LogP contribution is -2.35. The first-order chi connectivity index (χ1) is 9.00. The maximum absolute atomic E-state index is 10.6. The van der Waals surface area contributed by atoms with Gasteiger partial charge in [0.2, 0.25) is 0 Å². The lowest BCUT2D eigenvalue weighted by molar-refractivity contribution is 0.0614. The topological polar surface area (TPSA) is 46.2 Å². The third-order valence-corrected chi connectivity index (χ3v) is 4.57. The Balaban J connectivity index is 2.20. The smallest absolute Gasteiger partial charge is 0.0761 e. The van der Waals surface area contributed by atoms with Crippen LogP contribution < -0.4 is 5.73 Å². The molecule has 1 aromatic carbocycles. The Morgan fingerprint density at radius 3 is 2.11 bits per heavy atom. The first-order valence-corrected chi connectivity index (χ1v) is 7.52. The molecule has 0 unspecified atom stereocenters. The number of nitrogens with two attached hydrogens (primary N) is 1. The van der Waals surface area contributed by atoms with E-state index in [1.165, 1.54) is 36.0 Å². The minimum atomic E-state index is -0.402. The molecule has 106 valence electrons. The minimum Gasteiger partial charge on any atom is -0.391 e. The summed E-state index contributed by atoms with van der Waals surface area (Å²) in [6, 6.07) is 4.08. The number of aliphatic hydroxyl groups excluding tert-OH is 1. The van der Waals surface area contributed by atoms with Gasteiger partial charge < -0.3 is 10.8 Å². The van der Waals surface area contributed by atoms with Crippen LogP contribution in [0.25, 0.3) is 0 Å². The van der Waals surface area contributed by atoms with E-state index < -0.39 is 6.10 Å². The normalized spacial score (nSPS) is 20.3. The zero-order valence-corrected chi connectivity index (χ0v) is 12.4. The third kappa shape index (κ3) is 3.18. The van der Waals surface area contributed by atoms with Gasteiger partial charge in [0.1, 0.15) is 0 Å². The molecule has 0 heterocycles. The van der Waals surface area contributed by atoms with Gasteiger partial charge in [0, 0.05) is 0 Å². The van der Waals surface area contributed by atoms with Crippen LogP contribution in [0.4, 0.5) is 0 Å². The SMILES string of the molecule is Cc1cc(C)c([C@H](N)[C@H](O)C2CCCCC2)c(C)c1. The highest BCUT2D eigenvalue weighted by molar-refractivity contribution is 5.40. The molecule has 1 saturated carbocycles. The molecule has 1 aromatic rings. The molecule has 1 aliphatic carbocycles. The van der Waals surface area contributed by atoms with Crippen LogP contribution in [0.2, 0.25) is 0 Å². The van der Waals surface area contributed by atoms with Crippen molar-refractivity contribution < 1.29 is 5.11 Å². The predicted octanol–water partition coefficient (Wildman–Crippen LogP) is 3.55. The molecule has 19 heavy (non-hydrogen) atoms. The van der Waals surface area contributed by atoms with Crippen molar-refractivity contribution in [2.75, 3.05) is 0 Å². The number of benzene rings is 1. The summed E-state index contributed by atoms with van der Waals surface area (Å²) in [6.07, 6.45) is 5.62. The molecule has 3 N–H and O–H groups in total. The molecular formula is C17H27NO. The van der Waals surface area contributed by atoms with Gasteiger partial charge >= 0.3 is 0 Å². The Kier molecular flexibility index (Phi) is 4.64. The Morgan fingerprint density at radius 2 is 1.58 bits per heavy atom. The zero-order chi connectivity index (χ0) is 14.0. The molecule has 0 saturated heterocycles. The highest BCUT2D eigenvalue weighted by Gasteiger charge is 2.29. The summed E-state index contributed by atoms with van der Waals surface area (Å²) < 4.78 is 0. The fourth-order valence-corrected chi connectivity index (χ4v) is 3.66. The molecule has 1 aliphatic rings. The van der Waals surface area contributed by atoms with E-state index >= 15 is 0 Å². The molecule has 0 aromatic heterocycles. The van der Waals surface area contributed by atoms with Gasteiger partial charge in [-0.1, -0.05) is 37.0 Å². The summed E-state index contributed by atoms with van der Waals surface area (Å²) in [5.74, 6) is 0.379. The minimum absolute atomic E-state index is 0.247. The van der Waals surface area contributed by atoms with Gasteiger partial charge in [-0.05, 0) is 56.2 Å². The second-order valence-corrected chi connectivity index (χ2v) is 6.23. The largest absolute Gasteiger partial charge is 0.391 e. The van der Waals surface area contributed by atoms with E-state index in [0.717, 1.165) is 18.4 Å². The molecule has 0 amide bonds. The molecule has 0 bridgehead atoms.